The van der Waals surface area contributed by atoms with Crippen molar-refractivity contribution < 1.29 is 40.8 Å². The smallest absolute Gasteiger partial charge is 0.514 e. The van der Waals surface area contributed by atoms with Crippen molar-refractivity contribution in [2.75, 3.05) is 21.3 Å². The van der Waals surface area contributed by atoms with E-state index in [4.69, 9.17) is 18.9 Å². The Morgan fingerprint density at radius 3 is 1.81 bits per heavy atom. The van der Waals surface area contributed by atoms with Crippen LogP contribution in [0, 0.1) is 0 Å². The molecule has 0 saturated heterocycles. The van der Waals surface area contributed by atoms with E-state index in [2.05, 4.69) is 0 Å². The maximum atomic E-state index is 12.1. The van der Waals surface area contributed by atoms with Crippen LogP contribution in [-0.2, 0) is 17.1 Å². The van der Waals surface area contributed by atoms with Crippen molar-refractivity contribution in [3.8, 4) is 23.0 Å². The van der Waals surface area contributed by atoms with Crippen molar-refractivity contribution in [3.63, 3.8) is 0 Å². The Morgan fingerprint density at radius 1 is 0.885 bits per heavy atom. The van der Waals surface area contributed by atoms with Gasteiger partial charge in [0, 0.05) is 11.3 Å². The number of hydrogen-bond donors (Lipinski definition) is 0. The van der Waals surface area contributed by atoms with Crippen molar-refractivity contribution in [2.24, 2.45) is 0 Å². The van der Waals surface area contributed by atoms with Crippen molar-refractivity contribution in [1.82, 2.24) is 0 Å². The summed E-state index contributed by atoms with van der Waals surface area (Å²) in [6.45, 7) is 0. The molecule has 3 aromatic rings. The second-order valence-electron chi connectivity index (χ2n) is 4.89. The predicted molar refractivity (Wildman–Crippen MR) is 95.1 cm³/mol. The van der Waals surface area contributed by atoms with Gasteiger partial charge in [-0.2, -0.15) is 30.3 Å². The SMILES string of the molecule is COc1cc(C(=O)O[c-]2cccc2)cc(OC)c1OC.[Fe+2].c1cc[cH-]c1. The molecule has 0 N–H and O–H groups in total. The standard InChI is InChI=1S/C15H15O5.C5H5.Fe/c1-17-12-8-10(9-13(18-2)14(12)19-3)15(16)20-11-6-4-5-7-11;1-2-4-5-3-1;/h4-9H,1-3H3;1-5H;/q2*-1;+2. The molecule has 0 saturated carbocycles. The third-order valence-corrected chi connectivity index (χ3v) is 3.30. The normalized spacial score (nSPS) is 9.19. The molecule has 26 heavy (non-hydrogen) atoms. The van der Waals surface area contributed by atoms with Gasteiger partial charge in [-0.3, -0.25) is 0 Å². The molecule has 5 nitrogen and oxygen atoms in total. The van der Waals surface area contributed by atoms with Crippen molar-refractivity contribution in [1.29, 1.82) is 0 Å². The number of rotatable bonds is 5. The van der Waals surface area contributed by atoms with Crippen LogP contribution in [-0.4, -0.2) is 27.3 Å². The molecule has 0 aliphatic rings. The summed E-state index contributed by atoms with van der Waals surface area (Å²) < 4.78 is 20.8. The molecule has 138 valence electrons. The van der Waals surface area contributed by atoms with E-state index in [0.717, 1.165) is 0 Å². The van der Waals surface area contributed by atoms with Crippen LogP contribution in [0.5, 0.6) is 23.0 Å². The number of carbonyl (C=O) groups is 1. The van der Waals surface area contributed by atoms with Gasteiger partial charge in [0.25, 0.3) is 5.97 Å². The average molecular weight is 396 g/mol. The fourth-order valence-electron chi connectivity index (χ4n) is 2.11. The number of esters is 1. The summed E-state index contributed by atoms with van der Waals surface area (Å²) >= 11 is 0. The van der Waals surface area contributed by atoms with Crippen molar-refractivity contribution >= 4 is 5.97 Å². The molecule has 3 aromatic carbocycles. The van der Waals surface area contributed by atoms with E-state index in [1.54, 1.807) is 36.4 Å². The van der Waals surface area contributed by atoms with Crippen LogP contribution in [0.15, 0.2) is 66.7 Å². The van der Waals surface area contributed by atoms with Gasteiger partial charge in [-0.25, -0.2) is 12.1 Å². The van der Waals surface area contributed by atoms with Gasteiger partial charge in [-0.05, 0) is 12.1 Å². The number of carbonyl (C=O) groups excluding carboxylic acids is 1. The van der Waals surface area contributed by atoms with Crippen LogP contribution in [0.25, 0.3) is 0 Å². The predicted octanol–water partition coefficient (Wildman–Crippen LogP) is 4.05. The third kappa shape index (κ3) is 5.69. The van der Waals surface area contributed by atoms with Crippen LogP contribution in [0.3, 0.4) is 0 Å². The number of benzene rings is 1. The Bertz CT molecular complexity index is 721. The van der Waals surface area contributed by atoms with E-state index in [1.807, 2.05) is 30.3 Å². The van der Waals surface area contributed by atoms with Crippen molar-refractivity contribution in [2.45, 2.75) is 0 Å². The molecule has 0 bridgehead atoms. The van der Waals surface area contributed by atoms with Gasteiger partial charge < -0.3 is 23.7 Å². The molecule has 0 heterocycles. The number of ether oxygens (including phenoxy) is 4. The summed E-state index contributed by atoms with van der Waals surface area (Å²) in [5.74, 6) is 1.24. The maximum absolute atomic E-state index is 12.1. The van der Waals surface area contributed by atoms with Crippen LogP contribution in [0.4, 0.5) is 0 Å². The largest absolute Gasteiger partial charge is 2.00 e. The molecular weight excluding hydrogens is 376 g/mol. The Balaban J connectivity index is 0.000000486. The number of hydrogen-bond acceptors (Lipinski definition) is 5. The minimum atomic E-state index is -0.490. The molecule has 3 rings (SSSR count). The topological polar surface area (TPSA) is 54.0 Å². The van der Waals surface area contributed by atoms with Gasteiger partial charge in [0.05, 0.1) is 21.3 Å². The van der Waals surface area contributed by atoms with E-state index in [9.17, 15) is 4.79 Å². The zero-order valence-electron chi connectivity index (χ0n) is 14.7. The monoisotopic (exact) mass is 396 g/mol. The van der Waals surface area contributed by atoms with E-state index >= 15 is 0 Å². The molecule has 0 radical (unpaired) electrons. The summed E-state index contributed by atoms with van der Waals surface area (Å²) in [6.07, 6.45) is 0. The summed E-state index contributed by atoms with van der Waals surface area (Å²) in [4.78, 5) is 12.1. The van der Waals surface area contributed by atoms with Gasteiger partial charge in [0.15, 0.2) is 11.5 Å². The maximum Gasteiger partial charge on any atom is 2.00 e. The molecule has 0 aliphatic carbocycles. The molecule has 0 aromatic heterocycles. The first-order valence-electron chi connectivity index (χ1n) is 7.60. The van der Waals surface area contributed by atoms with Crippen LogP contribution in [0.1, 0.15) is 10.4 Å². The summed E-state index contributed by atoms with van der Waals surface area (Å²) in [5, 5.41) is 0. The van der Waals surface area contributed by atoms with E-state index < -0.39 is 5.97 Å². The molecule has 0 atom stereocenters. The van der Waals surface area contributed by atoms with Gasteiger partial charge in [0.1, 0.15) is 0 Å². The Hall–Kier alpha value is -2.69. The second-order valence-corrected chi connectivity index (χ2v) is 4.89. The quantitative estimate of drug-likeness (QED) is 0.370. The molecule has 0 unspecified atom stereocenters. The van der Waals surface area contributed by atoms with E-state index in [-0.39, 0.29) is 17.1 Å². The Labute approximate surface area is 163 Å². The molecule has 6 heteroatoms. The van der Waals surface area contributed by atoms with E-state index in [0.29, 0.717) is 28.6 Å². The van der Waals surface area contributed by atoms with Crippen molar-refractivity contribution in [3.05, 3.63) is 72.3 Å². The van der Waals surface area contributed by atoms with Crippen LogP contribution in [0.2, 0.25) is 0 Å². The molecule has 0 aliphatic heterocycles. The summed E-state index contributed by atoms with van der Waals surface area (Å²) in [7, 11) is 4.48. The van der Waals surface area contributed by atoms with Gasteiger partial charge >= 0.3 is 17.1 Å². The first kappa shape index (κ1) is 21.4. The second kappa shape index (κ2) is 11.0. The van der Waals surface area contributed by atoms with Crippen LogP contribution < -0.4 is 18.9 Å². The number of methoxy groups -OCH3 is 3. The average Bonchev–Trinajstić information content (AvgIpc) is 3.36. The first-order chi connectivity index (χ1) is 12.2. The zero-order valence-corrected chi connectivity index (χ0v) is 15.8. The minimum absolute atomic E-state index is 0. The summed E-state index contributed by atoms with van der Waals surface area (Å²) in [5.41, 5.74) is 0.320. The third-order valence-electron chi connectivity index (χ3n) is 3.30. The first-order valence-corrected chi connectivity index (χ1v) is 7.60. The minimum Gasteiger partial charge on any atom is -0.514 e. The Morgan fingerprint density at radius 2 is 1.42 bits per heavy atom. The molecule has 0 amide bonds. The fraction of sp³-hybridized carbons (Fsp3) is 0.150. The van der Waals surface area contributed by atoms with Gasteiger partial charge in [-0.15, -0.1) is 12.1 Å². The molecular formula is C20H20FeO5. The van der Waals surface area contributed by atoms with Gasteiger partial charge in [0.2, 0.25) is 5.75 Å². The van der Waals surface area contributed by atoms with E-state index in [1.165, 1.54) is 21.3 Å². The summed E-state index contributed by atoms with van der Waals surface area (Å²) in [6, 6.07) is 20.1. The van der Waals surface area contributed by atoms with Gasteiger partial charge in [-0.1, -0.05) is 0 Å². The molecule has 0 spiro atoms. The fourth-order valence-corrected chi connectivity index (χ4v) is 2.11. The van der Waals surface area contributed by atoms with Crippen LogP contribution >= 0.6 is 0 Å². The Kier molecular flexibility index (Phi) is 9.06. The molecule has 0 fully saturated rings. The zero-order chi connectivity index (χ0) is 18.1.